The summed E-state index contributed by atoms with van der Waals surface area (Å²) < 4.78 is 16.5. The molecule has 0 atom stereocenters. The Morgan fingerprint density at radius 2 is 2.04 bits per heavy atom. The van der Waals surface area contributed by atoms with Crippen LogP contribution in [0.5, 0.6) is 11.5 Å². The third-order valence-corrected chi connectivity index (χ3v) is 3.87. The lowest BCUT2D eigenvalue weighted by atomic mass is 10.2. The second-order valence-corrected chi connectivity index (χ2v) is 5.53. The van der Waals surface area contributed by atoms with Gasteiger partial charge in [-0.1, -0.05) is 24.8 Å². The van der Waals surface area contributed by atoms with E-state index < -0.39 is 0 Å². The molecule has 1 aromatic rings. The van der Waals surface area contributed by atoms with Gasteiger partial charge in [-0.15, -0.1) is 24.8 Å². The van der Waals surface area contributed by atoms with Gasteiger partial charge in [0.2, 0.25) is 0 Å². The molecule has 0 aromatic heterocycles. The Balaban J connectivity index is 0.00000288. The van der Waals surface area contributed by atoms with Crippen molar-refractivity contribution >= 4 is 24.8 Å². The van der Waals surface area contributed by atoms with E-state index in [2.05, 4.69) is 22.9 Å². The predicted molar refractivity (Wildman–Crippen MR) is 107 cm³/mol. The molecule has 0 radical (unpaired) electrons. The predicted octanol–water partition coefficient (Wildman–Crippen LogP) is 2.92. The molecule has 7 heteroatoms. The molecule has 1 fully saturated rings. The van der Waals surface area contributed by atoms with E-state index in [4.69, 9.17) is 14.2 Å². The summed E-state index contributed by atoms with van der Waals surface area (Å²) in [6, 6.07) is 5.97. The van der Waals surface area contributed by atoms with Crippen LogP contribution in [0, 0.1) is 0 Å². The quantitative estimate of drug-likeness (QED) is 0.489. The smallest absolute Gasteiger partial charge is 0.166 e. The number of hydrogen-bond acceptors (Lipinski definition) is 5. The van der Waals surface area contributed by atoms with Crippen LogP contribution in [0.2, 0.25) is 0 Å². The SMILES string of the molecule is C=CCOc1c(CNCCCN2CCOCC2)cccc1OC.Cl.Cl. The van der Waals surface area contributed by atoms with Gasteiger partial charge in [-0.25, -0.2) is 0 Å². The lowest BCUT2D eigenvalue weighted by molar-refractivity contribution is 0.0374. The Kier molecular flexibility index (Phi) is 13.7. The van der Waals surface area contributed by atoms with Gasteiger partial charge in [0.1, 0.15) is 6.61 Å². The summed E-state index contributed by atoms with van der Waals surface area (Å²) in [5.74, 6) is 1.56. The first-order valence-corrected chi connectivity index (χ1v) is 8.25. The van der Waals surface area contributed by atoms with Crippen molar-refractivity contribution in [3.05, 3.63) is 36.4 Å². The van der Waals surface area contributed by atoms with Gasteiger partial charge in [0.25, 0.3) is 0 Å². The number of para-hydroxylation sites is 1. The molecule has 1 heterocycles. The van der Waals surface area contributed by atoms with E-state index in [0.717, 1.165) is 69.4 Å². The second kappa shape index (κ2) is 14.2. The van der Waals surface area contributed by atoms with Crippen molar-refractivity contribution in [3.63, 3.8) is 0 Å². The van der Waals surface area contributed by atoms with E-state index in [-0.39, 0.29) is 24.8 Å². The fourth-order valence-electron chi connectivity index (χ4n) is 2.64. The van der Waals surface area contributed by atoms with Crippen LogP contribution < -0.4 is 14.8 Å². The van der Waals surface area contributed by atoms with Crippen molar-refractivity contribution in [2.45, 2.75) is 13.0 Å². The van der Waals surface area contributed by atoms with E-state index in [9.17, 15) is 0 Å². The van der Waals surface area contributed by atoms with E-state index in [1.807, 2.05) is 12.1 Å². The average Bonchev–Trinajstić information content (AvgIpc) is 2.60. The monoisotopic (exact) mass is 392 g/mol. The normalized spacial score (nSPS) is 14.1. The molecule has 0 bridgehead atoms. The molecule has 1 aromatic carbocycles. The minimum atomic E-state index is 0. The number of morpholine rings is 1. The van der Waals surface area contributed by atoms with Crippen LogP contribution in [0.15, 0.2) is 30.9 Å². The van der Waals surface area contributed by atoms with Gasteiger partial charge >= 0.3 is 0 Å². The van der Waals surface area contributed by atoms with Gasteiger partial charge in [-0.2, -0.15) is 0 Å². The number of benzene rings is 1. The van der Waals surface area contributed by atoms with E-state index in [1.54, 1.807) is 13.2 Å². The number of ether oxygens (including phenoxy) is 3. The molecule has 0 saturated carbocycles. The molecule has 1 N–H and O–H groups in total. The van der Waals surface area contributed by atoms with Gasteiger partial charge in [0.15, 0.2) is 11.5 Å². The average molecular weight is 393 g/mol. The van der Waals surface area contributed by atoms with Crippen LogP contribution in [-0.4, -0.2) is 58.0 Å². The summed E-state index contributed by atoms with van der Waals surface area (Å²) in [6.07, 6.45) is 2.87. The number of hydrogen-bond donors (Lipinski definition) is 1. The summed E-state index contributed by atoms with van der Waals surface area (Å²) in [4.78, 5) is 2.45. The topological polar surface area (TPSA) is 43.0 Å². The summed E-state index contributed by atoms with van der Waals surface area (Å²) in [5.41, 5.74) is 1.11. The maximum absolute atomic E-state index is 5.76. The number of halogens is 2. The zero-order chi connectivity index (χ0) is 16.3. The molecule has 1 aliphatic rings. The van der Waals surface area contributed by atoms with E-state index >= 15 is 0 Å². The first-order valence-electron chi connectivity index (χ1n) is 8.25. The summed E-state index contributed by atoms with van der Waals surface area (Å²) >= 11 is 0. The zero-order valence-electron chi connectivity index (χ0n) is 14.9. The van der Waals surface area contributed by atoms with Crippen LogP contribution in [-0.2, 0) is 11.3 Å². The molecular formula is C18H30Cl2N2O3. The summed E-state index contributed by atoms with van der Waals surface area (Å²) in [5, 5.41) is 3.49. The highest BCUT2D eigenvalue weighted by molar-refractivity contribution is 5.85. The fourth-order valence-corrected chi connectivity index (χ4v) is 2.64. The maximum Gasteiger partial charge on any atom is 0.166 e. The largest absolute Gasteiger partial charge is 0.493 e. The molecular weight excluding hydrogens is 363 g/mol. The highest BCUT2D eigenvalue weighted by Crippen LogP contribution is 2.31. The van der Waals surface area contributed by atoms with Crippen molar-refractivity contribution in [1.82, 2.24) is 10.2 Å². The summed E-state index contributed by atoms with van der Waals surface area (Å²) in [7, 11) is 1.66. The first kappa shape index (κ1) is 24.0. The molecule has 1 aliphatic heterocycles. The van der Waals surface area contributed by atoms with Crippen molar-refractivity contribution < 1.29 is 14.2 Å². The van der Waals surface area contributed by atoms with Crippen molar-refractivity contribution in [2.75, 3.05) is 53.1 Å². The fraction of sp³-hybridized carbons (Fsp3) is 0.556. The molecule has 5 nitrogen and oxygen atoms in total. The molecule has 1 saturated heterocycles. The molecule has 25 heavy (non-hydrogen) atoms. The lowest BCUT2D eigenvalue weighted by Crippen LogP contribution is -2.37. The highest BCUT2D eigenvalue weighted by atomic mass is 35.5. The Morgan fingerprint density at radius 1 is 1.28 bits per heavy atom. The van der Waals surface area contributed by atoms with Gasteiger partial charge in [0.05, 0.1) is 20.3 Å². The third kappa shape index (κ3) is 8.29. The third-order valence-electron chi connectivity index (χ3n) is 3.87. The molecule has 0 amide bonds. The molecule has 0 aliphatic carbocycles. The van der Waals surface area contributed by atoms with E-state index in [1.165, 1.54) is 0 Å². The van der Waals surface area contributed by atoms with Crippen molar-refractivity contribution in [2.24, 2.45) is 0 Å². The standard InChI is InChI=1S/C18H28N2O3.2ClH/c1-3-12-23-18-16(6-4-7-17(18)21-2)15-19-8-5-9-20-10-13-22-14-11-20;;/h3-4,6-7,19H,1,5,8-15H2,2H3;2*1H. The van der Waals surface area contributed by atoms with Crippen LogP contribution in [0.3, 0.4) is 0 Å². The minimum Gasteiger partial charge on any atom is -0.493 e. The molecule has 0 spiro atoms. The van der Waals surface area contributed by atoms with Gasteiger partial charge in [0, 0.05) is 25.2 Å². The van der Waals surface area contributed by atoms with Crippen LogP contribution >= 0.6 is 24.8 Å². The number of rotatable bonds is 10. The second-order valence-electron chi connectivity index (χ2n) is 5.53. The molecule has 0 unspecified atom stereocenters. The van der Waals surface area contributed by atoms with Gasteiger partial charge in [-0.05, 0) is 25.6 Å². The zero-order valence-corrected chi connectivity index (χ0v) is 16.5. The van der Waals surface area contributed by atoms with Gasteiger partial charge < -0.3 is 19.5 Å². The Morgan fingerprint density at radius 3 is 2.72 bits per heavy atom. The van der Waals surface area contributed by atoms with Crippen LogP contribution in [0.25, 0.3) is 0 Å². The number of methoxy groups -OCH3 is 1. The number of nitrogens with one attached hydrogen (secondary N) is 1. The number of nitrogens with zero attached hydrogens (tertiary/aromatic N) is 1. The Labute approximate surface area is 163 Å². The van der Waals surface area contributed by atoms with E-state index in [0.29, 0.717) is 6.61 Å². The molecule has 144 valence electrons. The Bertz CT molecular complexity index is 483. The minimum absolute atomic E-state index is 0. The van der Waals surface area contributed by atoms with Crippen LogP contribution in [0.4, 0.5) is 0 Å². The Hall–Kier alpha value is -0.980. The highest BCUT2D eigenvalue weighted by Gasteiger charge is 2.11. The van der Waals surface area contributed by atoms with Crippen molar-refractivity contribution in [1.29, 1.82) is 0 Å². The van der Waals surface area contributed by atoms with Crippen LogP contribution in [0.1, 0.15) is 12.0 Å². The van der Waals surface area contributed by atoms with Gasteiger partial charge in [-0.3, -0.25) is 4.90 Å². The lowest BCUT2D eigenvalue weighted by Gasteiger charge is -2.26. The summed E-state index contributed by atoms with van der Waals surface area (Å²) in [6.45, 7) is 10.9. The molecule has 2 rings (SSSR count). The van der Waals surface area contributed by atoms with Crippen molar-refractivity contribution in [3.8, 4) is 11.5 Å². The first-order chi connectivity index (χ1) is 11.3. The maximum atomic E-state index is 5.76.